The molecule has 0 spiro atoms. The monoisotopic (exact) mass is 449 g/mol. The summed E-state index contributed by atoms with van der Waals surface area (Å²) in [5.74, 6) is -1.96. The Morgan fingerprint density at radius 1 is 1.30 bits per heavy atom. The fraction of sp³-hybridized carbons (Fsp3) is 0.250. The van der Waals surface area contributed by atoms with Crippen molar-refractivity contribution >= 4 is 40.2 Å². The van der Waals surface area contributed by atoms with Gasteiger partial charge < -0.3 is 16.0 Å². The number of rotatable bonds is 4. The van der Waals surface area contributed by atoms with Crippen molar-refractivity contribution in [1.29, 1.82) is 0 Å². The van der Waals surface area contributed by atoms with Crippen LogP contribution in [0.3, 0.4) is 0 Å². The minimum Gasteiger partial charge on any atom is -0.368 e. The lowest BCUT2D eigenvalue weighted by Gasteiger charge is -2.36. The molecular weight excluding hydrogens is 432 g/mol. The van der Waals surface area contributed by atoms with E-state index in [0.29, 0.717) is 18.8 Å². The quantitative estimate of drug-likeness (QED) is 0.590. The summed E-state index contributed by atoms with van der Waals surface area (Å²) in [6.45, 7) is 1.25. The lowest BCUT2D eigenvalue weighted by atomic mass is 10.1. The number of nitrogens with zero attached hydrogens (tertiary/aromatic N) is 3. The molecule has 0 bridgehead atoms. The number of piperidine rings is 1. The molecule has 2 atom stereocenters. The molecule has 2 unspecified atom stereocenters. The van der Waals surface area contributed by atoms with Gasteiger partial charge in [-0.15, -0.1) is 22.9 Å². The van der Waals surface area contributed by atoms with E-state index in [1.54, 1.807) is 12.3 Å². The number of thiazole rings is 1. The molecule has 4 rings (SSSR count). The van der Waals surface area contributed by atoms with E-state index in [9.17, 15) is 13.6 Å². The molecule has 1 aliphatic heterocycles. The van der Waals surface area contributed by atoms with E-state index >= 15 is 0 Å². The van der Waals surface area contributed by atoms with Gasteiger partial charge in [0.2, 0.25) is 0 Å². The third kappa shape index (κ3) is 4.14. The average molecular weight is 450 g/mol. The van der Waals surface area contributed by atoms with Gasteiger partial charge in [0.15, 0.2) is 0 Å². The topological polar surface area (TPSA) is 84.1 Å². The first-order chi connectivity index (χ1) is 14.4. The van der Waals surface area contributed by atoms with Crippen LogP contribution in [0.25, 0.3) is 10.6 Å². The maximum atomic E-state index is 14.0. The fourth-order valence-electron chi connectivity index (χ4n) is 3.31. The molecular formula is C20H18ClF2N5OS. The van der Waals surface area contributed by atoms with Gasteiger partial charge in [-0.3, -0.25) is 9.78 Å². The van der Waals surface area contributed by atoms with Crippen LogP contribution in [-0.4, -0.2) is 40.4 Å². The first-order valence-corrected chi connectivity index (χ1v) is 10.6. The average Bonchev–Trinajstić information content (AvgIpc) is 3.20. The minimum atomic E-state index is -0.732. The zero-order chi connectivity index (χ0) is 21.3. The number of nitrogens with two attached hydrogens (primary N) is 1. The predicted octanol–water partition coefficient (Wildman–Crippen LogP) is 3.88. The summed E-state index contributed by atoms with van der Waals surface area (Å²) in [5.41, 5.74) is 7.16. The van der Waals surface area contributed by atoms with E-state index in [0.717, 1.165) is 35.6 Å². The molecule has 10 heteroatoms. The first kappa shape index (κ1) is 20.6. The van der Waals surface area contributed by atoms with E-state index < -0.39 is 17.5 Å². The summed E-state index contributed by atoms with van der Waals surface area (Å²) >= 11 is 7.20. The van der Waals surface area contributed by atoms with E-state index in [2.05, 4.69) is 15.3 Å². The molecule has 1 aromatic carbocycles. The van der Waals surface area contributed by atoms with Crippen molar-refractivity contribution < 1.29 is 13.6 Å². The second-order valence-electron chi connectivity index (χ2n) is 6.90. The molecule has 1 fully saturated rings. The summed E-state index contributed by atoms with van der Waals surface area (Å²) in [6.07, 6.45) is 3.89. The summed E-state index contributed by atoms with van der Waals surface area (Å²) in [4.78, 5) is 23.0. The third-order valence-corrected chi connectivity index (χ3v) is 6.27. The second-order valence-corrected chi connectivity index (χ2v) is 8.31. The van der Waals surface area contributed by atoms with Gasteiger partial charge in [-0.1, -0.05) is 6.07 Å². The highest BCUT2D eigenvalue weighted by molar-refractivity contribution is 7.13. The van der Waals surface area contributed by atoms with Gasteiger partial charge in [0.1, 0.15) is 22.3 Å². The highest BCUT2D eigenvalue weighted by Gasteiger charge is 2.27. The van der Waals surface area contributed by atoms with E-state index in [4.69, 9.17) is 17.3 Å². The molecule has 0 radical (unpaired) electrons. The van der Waals surface area contributed by atoms with E-state index in [1.807, 2.05) is 4.90 Å². The molecule has 3 N–H and O–H groups in total. The SMILES string of the molecule is NC1CN(c2ccncc2NC(=O)c2csc(-c3c(F)cccc3F)n2)CCC1Cl. The van der Waals surface area contributed by atoms with Crippen molar-refractivity contribution in [2.45, 2.75) is 17.8 Å². The summed E-state index contributed by atoms with van der Waals surface area (Å²) in [6, 6.07) is 5.18. The van der Waals surface area contributed by atoms with Gasteiger partial charge in [0.05, 0.1) is 28.5 Å². The molecule has 156 valence electrons. The number of carbonyl (C=O) groups is 1. The van der Waals surface area contributed by atoms with Crippen LogP contribution in [0.5, 0.6) is 0 Å². The highest BCUT2D eigenvalue weighted by Crippen LogP contribution is 2.31. The number of halogens is 3. The molecule has 1 saturated heterocycles. The Labute approximate surface area is 180 Å². The zero-order valence-electron chi connectivity index (χ0n) is 15.7. The molecule has 3 aromatic rings. The Kier molecular flexibility index (Phi) is 5.94. The Morgan fingerprint density at radius 2 is 2.07 bits per heavy atom. The minimum absolute atomic E-state index is 0.0589. The van der Waals surface area contributed by atoms with Crippen LogP contribution in [0.2, 0.25) is 0 Å². The number of hydrogen-bond acceptors (Lipinski definition) is 6. The lowest BCUT2D eigenvalue weighted by molar-refractivity contribution is 0.102. The molecule has 2 aromatic heterocycles. The molecule has 0 saturated carbocycles. The summed E-state index contributed by atoms with van der Waals surface area (Å²) in [5, 5.41) is 4.25. The molecule has 1 amide bonds. The standard InChI is InChI=1S/C20H18ClF2N5OS/c21-11-5-7-28(9-14(11)24)17-4-6-25-8-15(17)26-19(29)16-10-30-20(27-16)18-12(22)2-1-3-13(18)23/h1-4,6,8,10-11,14H,5,7,9,24H2,(H,26,29). The molecule has 30 heavy (non-hydrogen) atoms. The van der Waals surface area contributed by atoms with Crippen LogP contribution >= 0.6 is 22.9 Å². The molecule has 3 heterocycles. The van der Waals surface area contributed by atoms with Crippen molar-refractivity contribution in [3.63, 3.8) is 0 Å². The smallest absolute Gasteiger partial charge is 0.275 e. The van der Waals surface area contributed by atoms with Crippen LogP contribution in [-0.2, 0) is 0 Å². The van der Waals surface area contributed by atoms with E-state index in [1.165, 1.54) is 17.6 Å². The number of anilines is 2. The van der Waals surface area contributed by atoms with Crippen LogP contribution in [0.4, 0.5) is 20.2 Å². The van der Waals surface area contributed by atoms with Crippen molar-refractivity contribution in [3.8, 4) is 10.6 Å². The number of carbonyl (C=O) groups excluding carboxylic acids is 1. The lowest BCUT2D eigenvalue weighted by Crippen LogP contribution is -2.49. The Hall–Kier alpha value is -2.62. The van der Waals surface area contributed by atoms with Gasteiger partial charge in [-0.25, -0.2) is 13.8 Å². The van der Waals surface area contributed by atoms with Gasteiger partial charge in [-0.2, -0.15) is 0 Å². The Balaban J connectivity index is 1.55. The number of pyridine rings is 1. The van der Waals surface area contributed by atoms with Crippen LogP contribution in [0.1, 0.15) is 16.9 Å². The van der Waals surface area contributed by atoms with Gasteiger partial charge in [0.25, 0.3) is 5.91 Å². The van der Waals surface area contributed by atoms with Crippen molar-refractivity contribution in [2.75, 3.05) is 23.3 Å². The maximum Gasteiger partial charge on any atom is 0.275 e. The number of alkyl halides is 1. The maximum absolute atomic E-state index is 14.0. The van der Waals surface area contributed by atoms with Crippen molar-refractivity contribution in [2.24, 2.45) is 5.73 Å². The summed E-state index contributed by atoms with van der Waals surface area (Å²) in [7, 11) is 0. The number of benzene rings is 1. The predicted molar refractivity (Wildman–Crippen MR) is 114 cm³/mol. The number of nitrogens with one attached hydrogen (secondary N) is 1. The van der Waals surface area contributed by atoms with Crippen molar-refractivity contribution in [1.82, 2.24) is 9.97 Å². The fourth-order valence-corrected chi connectivity index (χ4v) is 4.34. The Morgan fingerprint density at radius 3 is 2.80 bits per heavy atom. The molecule has 6 nitrogen and oxygen atoms in total. The van der Waals surface area contributed by atoms with Gasteiger partial charge in [0, 0.05) is 30.7 Å². The normalized spacial score (nSPS) is 19.0. The van der Waals surface area contributed by atoms with Crippen molar-refractivity contribution in [3.05, 3.63) is 59.4 Å². The number of amides is 1. The zero-order valence-corrected chi connectivity index (χ0v) is 17.3. The second kappa shape index (κ2) is 8.63. The number of aromatic nitrogens is 2. The number of hydrogen-bond donors (Lipinski definition) is 2. The van der Waals surface area contributed by atoms with Crippen LogP contribution in [0.15, 0.2) is 42.0 Å². The third-order valence-electron chi connectivity index (χ3n) is 4.87. The molecule has 1 aliphatic rings. The highest BCUT2D eigenvalue weighted by atomic mass is 35.5. The largest absolute Gasteiger partial charge is 0.368 e. The first-order valence-electron chi connectivity index (χ1n) is 9.24. The van der Waals surface area contributed by atoms with Gasteiger partial charge in [-0.05, 0) is 24.6 Å². The Bertz CT molecular complexity index is 1060. The summed E-state index contributed by atoms with van der Waals surface area (Å²) < 4.78 is 28.0. The van der Waals surface area contributed by atoms with Crippen LogP contribution in [0, 0.1) is 11.6 Å². The van der Waals surface area contributed by atoms with Crippen LogP contribution < -0.4 is 16.0 Å². The van der Waals surface area contributed by atoms with Gasteiger partial charge >= 0.3 is 0 Å². The molecule has 0 aliphatic carbocycles. The van der Waals surface area contributed by atoms with E-state index in [-0.39, 0.29) is 27.7 Å².